The standard InChI is InChI=1S/C20H25NO3S/c1-6-24-20(23)17-16(11-25-19(17)21-18(22)13(4)5)15-9-7-14(8-10-15)12(2)3/h7-13H,6H2,1-5H3,(H,21,22). The Balaban J connectivity index is 2.44. The van der Waals surface area contributed by atoms with Crippen molar-refractivity contribution in [1.29, 1.82) is 0 Å². The average molecular weight is 359 g/mol. The van der Waals surface area contributed by atoms with E-state index in [1.54, 1.807) is 6.92 Å². The first-order chi connectivity index (χ1) is 11.8. The summed E-state index contributed by atoms with van der Waals surface area (Å²) in [6.45, 7) is 9.98. The Morgan fingerprint density at radius 1 is 1.12 bits per heavy atom. The number of anilines is 1. The van der Waals surface area contributed by atoms with E-state index in [1.165, 1.54) is 16.9 Å². The van der Waals surface area contributed by atoms with Crippen molar-refractivity contribution < 1.29 is 14.3 Å². The molecule has 5 heteroatoms. The molecule has 25 heavy (non-hydrogen) atoms. The van der Waals surface area contributed by atoms with Crippen LogP contribution in [0, 0.1) is 5.92 Å². The Kier molecular flexibility index (Phi) is 6.37. The Labute approximate surface area is 153 Å². The van der Waals surface area contributed by atoms with Crippen molar-refractivity contribution in [3.63, 3.8) is 0 Å². The predicted octanol–water partition coefficient (Wildman–Crippen LogP) is 5.31. The molecule has 2 rings (SSSR count). The fraction of sp³-hybridized carbons (Fsp3) is 0.400. The van der Waals surface area contributed by atoms with Gasteiger partial charge in [0.05, 0.1) is 6.61 Å². The normalized spacial score (nSPS) is 11.0. The summed E-state index contributed by atoms with van der Waals surface area (Å²) in [6, 6.07) is 8.15. The average Bonchev–Trinajstić information content (AvgIpc) is 2.98. The summed E-state index contributed by atoms with van der Waals surface area (Å²) in [6.07, 6.45) is 0. The Morgan fingerprint density at radius 3 is 2.28 bits per heavy atom. The van der Waals surface area contributed by atoms with E-state index >= 15 is 0 Å². The quantitative estimate of drug-likeness (QED) is 0.711. The molecule has 0 bridgehead atoms. The second-order valence-electron chi connectivity index (χ2n) is 6.49. The molecule has 0 aliphatic carbocycles. The van der Waals surface area contributed by atoms with Crippen molar-refractivity contribution in [2.75, 3.05) is 11.9 Å². The minimum atomic E-state index is -0.411. The van der Waals surface area contributed by atoms with Crippen molar-refractivity contribution in [3.8, 4) is 11.1 Å². The number of ether oxygens (including phenoxy) is 1. The van der Waals surface area contributed by atoms with Crippen LogP contribution in [0.3, 0.4) is 0 Å². The largest absolute Gasteiger partial charge is 0.462 e. The first-order valence-corrected chi connectivity index (χ1v) is 9.42. The maximum Gasteiger partial charge on any atom is 0.341 e. The van der Waals surface area contributed by atoms with Gasteiger partial charge in [-0.05, 0) is 24.0 Å². The van der Waals surface area contributed by atoms with E-state index < -0.39 is 5.97 Å². The summed E-state index contributed by atoms with van der Waals surface area (Å²) >= 11 is 1.35. The van der Waals surface area contributed by atoms with Gasteiger partial charge in [-0.1, -0.05) is 52.0 Å². The van der Waals surface area contributed by atoms with E-state index in [9.17, 15) is 9.59 Å². The summed E-state index contributed by atoms with van der Waals surface area (Å²) < 4.78 is 5.21. The Bertz CT molecular complexity index is 745. The highest BCUT2D eigenvalue weighted by atomic mass is 32.1. The first-order valence-electron chi connectivity index (χ1n) is 8.54. The van der Waals surface area contributed by atoms with Gasteiger partial charge in [-0.15, -0.1) is 11.3 Å². The van der Waals surface area contributed by atoms with Crippen LogP contribution in [-0.2, 0) is 9.53 Å². The highest BCUT2D eigenvalue weighted by Gasteiger charge is 2.23. The molecule has 0 fully saturated rings. The number of carbonyl (C=O) groups is 2. The molecule has 0 unspecified atom stereocenters. The van der Waals surface area contributed by atoms with Gasteiger partial charge >= 0.3 is 5.97 Å². The molecule has 1 heterocycles. The summed E-state index contributed by atoms with van der Waals surface area (Å²) in [7, 11) is 0. The zero-order valence-corrected chi connectivity index (χ0v) is 16.2. The molecular formula is C20H25NO3S. The van der Waals surface area contributed by atoms with E-state index in [1.807, 2.05) is 31.4 Å². The van der Waals surface area contributed by atoms with Crippen LogP contribution >= 0.6 is 11.3 Å². The zero-order chi connectivity index (χ0) is 18.6. The number of rotatable bonds is 6. The van der Waals surface area contributed by atoms with Gasteiger partial charge in [0.1, 0.15) is 10.6 Å². The van der Waals surface area contributed by atoms with Gasteiger partial charge in [0, 0.05) is 16.9 Å². The molecule has 1 N–H and O–H groups in total. The van der Waals surface area contributed by atoms with Gasteiger partial charge in [0.15, 0.2) is 0 Å². The van der Waals surface area contributed by atoms with E-state index in [-0.39, 0.29) is 18.4 Å². The molecular weight excluding hydrogens is 334 g/mol. The molecule has 134 valence electrons. The molecule has 1 aromatic carbocycles. The van der Waals surface area contributed by atoms with Crippen LogP contribution in [0.25, 0.3) is 11.1 Å². The lowest BCUT2D eigenvalue weighted by Crippen LogP contribution is -2.19. The van der Waals surface area contributed by atoms with Gasteiger partial charge in [0.2, 0.25) is 5.91 Å². The van der Waals surface area contributed by atoms with E-state index in [0.717, 1.165) is 11.1 Å². The first kappa shape index (κ1) is 19.2. The number of nitrogens with one attached hydrogen (secondary N) is 1. The van der Waals surface area contributed by atoms with Crippen molar-refractivity contribution in [1.82, 2.24) is 0 Å². The molecule has 4 nitrogen and oxygen atoms in total. The molecule has 0 aliphatic heterocycles. The van der Waals surface area contributed by atoms with Crippen LogP contribution < -0.4 is 5.32 Å². The molecule has 0 saturated heterocycles. The van der Waals surface area contributed by atoms with Gasteiger partial charge < -0.3 is 10.1 Å². The van der Waals surface area contributed by atoms with Gasteiger partial charge in [-0.2, -0.15) is 0 Å². The number of esters is 1. The van der Waals surface area contributed by atoms with Crippen LogP contribution in [0.2, 0.25) is 0 Å². The number of benzene rings is 1. The third kappa shape index (κ3) is 4.48. The second kappa shape index (κ2) is 8.30. The van der Waals surface area contributed by atoms with Gasteiger partial charge in [-0.3, -0.25) is 4.79 Å². The second-order valence-corrected chi connectivity index (χ2v) is 7.37. The molecule has 1 aromatic heterocycles. The van der Waals surface area contributed by atoms with Crippen molar-refractivity contribution in [2.45, 2.75) is 40.5 Å². The predicted molar refractivity (Wildman–Crippen MR) is 103 cm³/mol. The maximum atomic E-state index is 12.5. The molecule has 1 amide bonds. The molecule has 0 atom stereocenters. The highest BCUT2D eigenvalue weighted by Crippen LogP contribution is 2.37. The van der Waals surface area contributed by atoms with E-state index in [2.05, 4.69) is 31.3 Å². The summed E-state index contributed by atoms with van der Waals surface area (Å²) in [5.74, 6) is -0.243. The Morgan fingerprint density at radius 2 is 1.76 bits per heavy atom. The summed E-state index contributed by atoms with van der Waals surface area (Å²) in [5, 5.41) is 5.28. The fourth-order valence-electron chi connectivity index (χ4n) is 2.37. The highest BCUT2D eigenvalue weighted by molar-refractivity contribution is 7.15. The third-order valence-electron chi connectivity index (χ3n) is 3.92. The van der Waals surface area contributed by atoms with Crippen LogP contribution in [0.1, 0.15) is 56.5 Å². The Hall–Kier alpha value is -2.14. The fourth-order valence-corrected chi connectivity index (χ4v) is 3.33. The smallest absolute Gasteiger partial charge is 0.341 e. The monoisotopic (exact) mass is 359 g/mol. The number of hydrogen-bond acceptors (Lipinski definition) is 4. The van der Waals surface area contributed by atoms with Crippen LogP contribution in [0.15, 0.2) is 29.6 Å². The van der Waals surface area contributed by atoms with Crippen molar-refractivity contribution in [3.05, 3.63) is 40.8 Å². The third-order valence-corrected chi connectivity index (χ3v) is 4.82. The zero-order valence-electron chi connectivity index (χ0n) is 15.4. The number of hydrogen-bond donors (Lipinski definition) is 1. The summed E-state index contributed by atoms with van der Waals surface area (Å²) in [4.78, 5) is 24.5. The van der Waals surface area contributed by atoms with E-state index in [4.69, 9.17) is 4.74 Å². The number of thiophene rings is 1. The molecule has 2 aromatic rings. The maximum absolute atomic E-state index is 12.5. The number of carbonyl (C=O) groups excluding carboxylic acids is 2. The molecule has 0 aliphatic rings. The van der Waals surface area contributed by atoms with Crippen LogP contribution in [0.4, 0.5) is 5.00 Å². The lowest BCUT2D eigenvalue weighted by molar-refractivity contribution is -0.118. The SMILES string of the molecule is CCOC(=O)c1c(-c2ccc(C(C)C)cc2)csc1NC(=O)C(C)C. The molecule has 0 radical (unpaired) electrons. The minimum Gasteiger partial charge on any atom is -0.462 e. The van der Waals surface area contributed by atoms with E-state index in [0.29, 0.717) is 16.5 Å². The van der Waals surface area contributed by atoms with Crippen molar-refractivity contribution in [2.24, 2.45) is 5.92 Å². The number of amides is 1. The van der Waals surface area contributed by atoms with Gasteiger partial charge in [-0.25, -0.2) is 4.79 Å². The topological polar surface area (TPSA) is 55.4 Å². The summed E-state index contributed by atoms with van der Waals surface area (Å²) in [5.41, 5.74) is 3.40. The lowest BCUT2D eigenvalue weighted by Gasteiger charge is -2.11. The van der Waals surface area contributed by atoms with Crippen LogP contribution in [-0.4, -0.2) is 18.5 Å². The van der Waals surface area contributed by atoms with Crippen LogP contribution in [0.5, 0.6) is 0 Å². The molecule has 0 spiro atoms. The lowest BCUT2D eigenvalue weighted by atomic mass is 9.98. The molecule has 0 saturated carbocycles. The van der Waals surface area contributed by atoms with Crippen molar-refractivity contribution >= 4 is 28.2 Å². The minimum absolute atomic E-state index is 0.117. The van der Waals surface area contributed by atoms with Gasteiger partial charge in [0.25, 0.3) is 0 Å².